The molecule has 0 aliphatic heterocycles. The third kappa shape index (κ3) is 4.09. The van der Waals surface area contributed by atoms with Crippen LogP contribution in [0.2, 0.25) is 0 Å². The molecule has 1 saturated carbocycles. The van der Waals surface area contributed by atoms with Crippen molar-refractivity contribution < 1.29 is 13.2 Å². The summed E-state index contributed by atoms with van der Waals surface area (Å²) in [7, 11) is -2.92. The zero-order chi connectivity index (χ0) is 13.1. The third-order valence-electron chi connectivity index (χ3n) is 3.96. The first-order valence-electron chi connectivity index (χ1n) is 6.51. The van der Waals surface area contributed by atoms with Gasteiger partial charge < -0.3 is 0 Å². The van der Waals surface area contributed by atoms with Gasteiger partial charge in [0.2, 0.25) is 0 Å². The number of Topliss-reactive ketones (excluding diaryl/α,β-unsaturated/α-hetero) is 1. The van der Waals surface area contributed by atoms with Crippen LogP contribution in [0.3, 0.4) is 0 Å². The number of carbonyl (C=O) groups is 1. The minimum Gasteiger partial charge on any atom is -0.299 e. The lowest BCUT2D eigenvalue weighted by Crippen LogP contribution is -2.26. The Labute approximate surface area is 105 Å². The minimum atomic E-state index is -2.92. The van der Waals surface area contributed by atoms with Gasteiger partial charge in [0.05, 0.1) is 5.75 Å². The molecule has 1 fully saturated rings. The molecule has 0 aromatic carbocycles. The summed E-state index contributed by atoms with van der Waals surface area (Å²) in [5.41, 5.74) is 0.112. The summed E-state index contributed by atoms with van der Waals surface area (Å²) in [5.74, 6) is 0.740. The van der Waals surface area contributed by atoms with Crippen molar-refractivity contribution in [1.82, 2.24) is 0 Å². The van der Waals surface area contributed by atoms with Crippen molar-refractivity contribution in [3.63, 3.8) is 0 Å². The number of ketones is 1. The largest absolute Gasteiger partial charge is 0.299 e. The summed E-state index contributed by atoms with van der Waals surface area (Å²) in [4.78, 5) is 12.0. The lowest BCUT2D eigenvalue weighted by atomic mass is 9.78. The van der Waals surface area contributed by atoms with Crippen molar-refractivity contribution in [2.75, 3.05) is 11.5 Å². The molecule has 0 saturated heterocycles. The molecule has 0 bridgehead atoms. The van der Waals surface area contributed by atoms with Crippen LogP contribution in [0.1, 0.15) is 52.9 Å². The molecular weight excluding hydrogens is 236 g/mol. The third-order valence-corrected chi connectivity index (χ3v) is 5.75. The van der Waals surface area contributed by atoms with Crippen LogP contribution in [0.15, 0.2) is 0 Å². The Morgan fingerprint density at radius 3 is 2.47 bits per heavy atom. The van der Waals surface area contributed by atoms with Gasteiger partial charge in [0, 0.05) is 18.1 Å². The van der Waals surface area contributed by atoms with E-state index in [0.29, 0.717) is 12.8 Å². The molecule has 0 aromatic heterocycles. The van der Waals surface area contributed by atoms with Gasteiger partial charge in [0.1, 0.15) is 15.6 Å². The van der Waals surface area contributed by atoms with Gasteiger partial charge in [0.25, 0.3) is 0 Å². The van der Waals surface area contributed by atoms with Crippen molar-refractivity contribution in [2.45, 2.75) is 52.9 Å². The maximum Gasteiger partial charge on any atom is 0.150 e. The maximum atomic E-state index is 12.0. The number of sulfone groups is 1. The van der Waals surface area contributed by atoms with Gasteiger partial charge >= 0.3 is 0 Å². The Morgan fingerprint density at radius 1 is 1.35 bits per heavy atom. The molecule has 1 atom stereocenters. The summed E-state index contributed by atoms with van der Waals surface area (Å²) in [6.07, 6.45) is 4.12. The summed E-state index contributed by atoms with van der Waals surface area (Å²) < 4.78 is 22.6. The van der Waals surface area contributed by atoms with Gasteiger partial charge in [-0.15, -0.1) is 0 Å². The van der Waals surface area contributed by atoms with Gasteiger partial charge in [-0.3, -0.25) is 4.79 Å². The van der Waals surface area contributed by atoms with Crippen LogP contribution in [0.4, 0.5) is 0 Å². The molecular formula is C13H24O3S. The summed E-state index contributed by atoms with van der Waals surface area (Å²) in [5, 5.41) is 0. The quantitative estimate of drug-likeness (QED) is 0.737. The van der Waals surface area contributed by atoms with Crippen LogP contribution >= 0.6 is 0 Å². The maximum absolute atomic E-state index is 12.0. The summed E-state index contributed by atoms with van der Waals surface area (Å²) in [6.45, 7) is 5.94. The van der Waals surface area contributed by atoms with Crippen molar-refractivity contribution in [3.8, 4) is 0 Å². The minimum absolute atomic E-state index is 0.112. The second kappa shape index (κ2) is 5.51. The van der Waals surface area contributed by atoms with Crippen molar-refractivity contribution in [1.29, 1.82) is 0 Å². The van der Waals surface area contributed by atoms with Gasteiger partial charge in [-0.2, -0.15) is 0 Å². The van der Waals surface area contributed by atoms with E-state index in [9.17, 15) is 13.2 Å². The van der Waals surface area contributed by atoms with Gasteiger partial charge in [-0.05, 0) is 24.7 Å². The zero-order valence-electron chi connectivity index (χ0n) is 11.2. The van der Waals surface area contributed by atoms with E-state index in [1.165, 1.54) is 0 Å². The molecule has 0 N–H and O–H groups in total. The highest BCUT2D eigenvalue weighted by atomic mass is 32.2. The van der Waals surface area contributed by atoms with Crippen LogP contribution < -0.4 is 0 Å². The molecule has 17 heavy (non-hydrogen) atoms. The molecule has 4 heteroatoms. The van der Waals surface area contributed by atoms with Crippen molar-refractivity contribution in [3.05, 3.63) is 0 Å². The van der Waals surface area contributed by atoms with E-state index in [0.717, 1.165) is 19.3 Å². The molecule has 1 rings (SSSR count). The number of carbonyl (C=O) groups excluding carboxylic acids is 1. The Bertz CT molecular complexity index is 368. The van der Waals surface area contributed by atoms with Gasteiger partial charge in [-0.1, -0.05) is 27.2 Å². The van der Waals surface area contributed by atoms with E-state index in [1.54, 1.807) is 6.92 Å². The molecule has 1 aliphatic rings. The lowest BCUT2D eigenvalue weighted by molar-refractivity contribution is -0.125. The lowest BCUT2D eigenvalue weighted by Gasteiger charge is -2.25. The normalized spacial score (nSPS) is 23.8. The fraction of sp³-hybridized carbons (Fsp3) is 0.923. The van der Waals surface area contributed by atoms with Crippen LogP contribution in [-0.4, -0.2) is 25.7 Å². The van der Waals surface area contributed by atoms with Crippen LogP contribution in [0.25, 0.3) is 0 Å². The van der Waals surface area contributed by atoms with Crippen LogP contribution in [0, 0.1) is 11.3 Å². The zero-order valence-corrected chi connectivity index (χ0v) is 12.0. The van der Waals surface area contributed by atoms with E-state index in [2.05, 4.69) is 13.8 Å². The van der Waals surface area contributed by atoms with Gasteiger partial charge in [0.15, 0.2) is 0 Å². The Hall–Kier alpha value is -0.380. The Morgan fingerprint density at radius 2 is 2.00 bits per heavy atom. The first-order valence-corrected chi connectivity index (χ1v) is 8.34. The monoisotopic (exact) mass is 260 g/mol. The van der Waals surface area contributed by atoms with Gasteiger partial charge in [-0.25, -0.2) is 8.42 Å². The Balaban J connectivity index is 2.41. The van der Waals surface area contributed by atoms with Crippen molar-refractivity contribution >= 4 is 15.6 Å². The smallest absolute Gasteiger partial charge is 0.150 e. The molecule has 0 aromatic rings. The second-order valence-corrected chi connectivity index (χ2v) is 8.21. The highest BCUT2D eigenvalue weighted by molar-refractivity contribution is 7.91. The first kappa shape index (κ1) is 14.7. The summed E-state index contributed by atoms with van der Waals surface area (Å²) in [6, 6.07) is 0. The first-order chi connectivity index (χ1) is 7.78. The van der Waals surface area contributed by atoms with E-state index in [4.69, 9.17) is 0 Å². The average molecular weight is 260 g/mol. The highest BCUT2D eigenvalue weighted by Gasteiger charge is 2.38. The van der Waals surface area contributed by atoms with Crippen molar-refractivity contribution in [2.24, 2.45) is 11.3 Å². The number of hydrogen-bond donors (Lipinski definition) is 0. The fourth-order valence-electron chi connectivity index (χ4n) is 2.71. The van der Waals surface area contributed by atoms with Crippen LogP contribution in [0.5, 0.6) is 0 Å². The fourth-order valence-corrected chi connectivity index (χ4v) is 3.58. The molecule has 3 nitrogen and oxygen atoms in total. The molecule has 1 unspecified atom stereocenters. The van der Waals surface area contributed by atoms with E-state index in [1.807, 2.05) is 0 Å². The molecule has 0 heterocycles. The standard InChI is InChI=1S/C13H24O3S/c1-4-17(15,16)10-6-8-12(14)11-7-5-9-13(11,2)3/h11H,4-10H2,1-3H3. The summed E-state index contributed by atoms with van der Waals surface area (Å²) >= 11 is 0. The average Bonchev–Trinajstić information content (AvgIpc) is 2.57. The van der Waals surface area contributed by atoms with Crippen LogP contribution in [-0.2, 0) is 14.6 Å². The molecule has 0 spiro atoms. The predicted molar refractivity (Wildman–Crippen MR) is 69.7 cm³/mol. The molecule has 0 amide bonds. The topological polar surface area (TPSA) is 51.2 Å². The highest BCUT2D eigenvalue weighted by Crippen LogP contribution is 2.43. The van der Waals surface area contributed by atoms with E-state index >= 15 is 0 Å². The van der Waals surface area contributed by atoms with E-state index < -0.39 is 9.84 Å². The molecule has 100 valence electrons. The van der Waals surface area contributed by atoms with E-state index in [-0.39, 0.29) is 28.6 Å². The molecule has 0 radical (unpaired) electrons. The number of hydrogen-bond acceptors (Lipinski definition) is 3. The SMILES string of the molecule is CCS(=O)(=O)CCCC(=O)C1CCCC1(C)C. The molecule has 1 aliphatic carbocycles. The predicted octanol–water partition coefficient (Wildman–Crippen LogP) is 2.60. The number of rotatable bonds is 6. The Kier molecular flexibility index (Phi) is 4.76. The second-order valence-electron chi connectivity index (χ2n) is 5.74.